The molecule has 0 spiro atoms. The molecule has 8 heteroatoms. The minimum absolute atomic E-state index is 0.0765. The Hall–Kier alpha value is -0.580. The van der Waals surface area contributed by atoms with Crippen molar-refractivity contribution in [2.75, 3.05) is 40.0 Å². The van der Waals surface area contributed by atoms with E-state index in [1.807, 2.05) is 7.05 Å². The Labute approximate surface area is 145 Å². The summed E-state index contributed by atoms with van der Waals surface area (Å²) < 4.78 is 10.3. The van der Waals surface area contributed by atoms with Gasteiger partial charge in [-0.1, -0.05) is 0 Å². The maximum Gasteiger partial charge on any atom is 0.246 e. The molecule has 0 aromatic rings. The number of ketones is 1. The Morgan fingerprint density at radius 3 is 2.41 bits per heavy atom. The number of carbonyl (C=O) groups excluding carboxylic acids is 3. The summed E-state index contributed by atoms with van der Waals surface area (Å²) in [6, 6.07) is -0.567. The first kappa shape index (κ1) is 21.4. The van der Waals surface area contributed by atoms with Crippen LogP contribution in [0.2, 0.25) is 0 Å². The maximum atomic E-state index is 11.7. The molecule has 0 aliphatic heterocycles. The van der Waals surface area contributed by atoms with E-state index in [1.165, 1.54) is 6.92 Å². The molecule has 0 saturated carbocycles. The van der Waals surface area contributed by atoms with Crippen LogP contribution < -0.4 is 10.6 Å². The van der Waals surface area contributed by atoms with E-state index in [9.17, 15) is 14.4 Å². The molecular weight excluding hydrogens is 403 g/mol. The zero-order chi connectivity index (χ0) is 16.8. The lowest BCUT2D eigenvalue weighted by Crippen LogP contribution is -2.40. The van der Waals surface area contributed by atoms with E-state index in [1.54, 1.807) is 22.6 Å². The van der Waals surface area contributed by atoms with E-state index in [0.29, 0.717) is 39.1 Å². The largest absolute Gasteiger partial charge is 0.378 e. The van der Waals surface area contributed by atoms with E-state index in [-0.39, 0.29) is 22.1 Å². The van der Waals surface area contributed by atoms with E-state index < -0.39 is 6.04 Å². The number of halogens is 1. The summed E-state index contributed by atoms with van der Waals surface area (Å²) in [5.74, 6) is -0.263. The lowest BCUT2D eigenvalue weighted by molar-refractivity contribution is -0.128. The SMILES string of the molecule is CNCCOCCOCC(=O)NC(CCCC(C)=O)C(=O)I. The minimum Gasteiger partial charge on any atom is -0.378 e. The summed E-state index contributed by atoms with van der Waals surface area (Å²) in [7, 11) is 1.84. The Kier molecular flexibility index (Phi) is 13.7. The fourth-order valence-corrected chi connectivity index (χ4v) is 2.06. The zero-order valence-electron chi connectivity index (χ0n) is 13.2. The first-order valence-electron chi connectivity index (χ1n) is 7.25. The summed E-state index contributed by atoms with van der Waals surface area (Å²) in [6.45, 7) is 3.49. The van der Waals surface area contributed by atoms with Crippen molar-refractivity contribution in [3.05, 3.63) is 0 Å². The number of hydrogen-bond donors (Lipinski definition) is 2. The molecule has 22 heavy (non-hydrogen) atoms. The highest BCUT2D eigenvalue weighted by Gasteiger charge is 2.18. The summed E-state index contributed by atoms with van der Waals surface area (Å²) in [5, 5.41) is 5.57. The van der Waals surface area contributed by atoms with E-state index in [4.69, 9.17) is 9.47 Å². The number of ether oxygens (including phenoxy) is 2. The molecule has 128 valence electrons. The van der Waals surface area contributed by atoms with Gasteiger partial charge >= 0.3 is 0 Å². The molecule has 1 unspecified atom stereocenters. The molecule has 0 radical (unpaired) electrons. The Morgan fingerprint density at radius 2 is 1.82 bits per heavy atom. The molecule has 2 N–H and O–H groups in total. The summed E-state index contributed by atoms with van der Waals surface area (Å²) in [6.07, 6.45) is 1.45. The Balaban J connectivity index is 3.79. The number of nitrogens with one attached hydrogen (secondary N) is 2. The molecule has 0 saturated heterocycles. The highest BCUT2D eigenvalue weighted by Crippen LogP contribution is 2.06. The Bertz CT molecular complexity index is 352. The van der Waals surface area contributed by atoms with Crippen LogP contribution in [-0.4, -0.2) is 61.5 Å². The highest BCUT2D eigenvalue weighted by atomic mass is 127. The smallest absolute Gasteiger partial charge is 0.246 e. The van der Waals surface area contributed by atoms with Crippen molar-refractivity contribution in [1.82, 2.24) is 10.6 Å². The standard InChI is InChI=1S/C14H25IN2O5/c1-11(18)4-3-5-12(14(15)20)17-13(19)10-22-9-8-21-7-6-16-2/h12,16H,3-10H2,1-2H3,(H,17,19). The van der Waals surface area contributed by atoms with Crippen molar-refractivity contribution in [3.8, 4) is 0 Å². The van der Waals surface area contributed by atoms with Crippen LogP contribution in [0.5, 0.6) is 0 Å². The Morgan fingerprint density at radius 1 is 1.14 bits per heavy atom. The summed E-state index contributed by atoms with van der Waals surface area (Å²) in [5.41, 5.74) is 0. The second-order valence-electron chi connectivity index (χ2n) is 4.79. The molecule has 0 aromatic heterocycles. The number of amides is 1. The third kappa shape index (κ3) is 13.1. The molecular formula is C14H25IN2O5. The molecule has 0 bridgehead atoms. The van der Waals surface area contributed by atoms with Gasteiger partial charge in [-0.25, -0.2) is 0 Å². The summed E-state index contributed by atoms with van der Waals surface area (Å²) >= 11 is 1.65. The van der Waals surface area contributed by atoms with Gasteiger partial charge in [-0.05, 0) is 26.8 Å². The quantitative estimate of drug-likeness (QED) is 0.237. The molecule has 0 rings (SSSR count). The fraction of sp³-hybridized carbons (Fsp3) is 0.786. The first-order valence-corrected chi connectivity index (χ1v) is 8.33. The zero-order valence-corrected chi connectivity index (χ0v) is 15.3. The second-order valence-corrected chi connectivity index (χ2v) is 5.85. The van der Waals surface area contributed by atoms with Crippen molar-refractivity contribution in [3.63, 3.8) is 0 Å². The van der Waals surface area contributed by atoms with Crippen LogP contribution in [0.25, 0.3) is 0 Å². The summed E-state index contributed by atoms with van der Waals surface area (Å²) in [4.78, 5) is 34.0. The van der Waals surface area contributed by atoms with Crippen LogP contribution in [0.4, 0.5) is 0 Å². The second kappa shape index (κ2) is 14.0. The predicted molar refractivity (Wildman–Crippen MR) is 91.1 cm³/mol. The molecule has 0 heterocycles. The maximum absolute atomic E-state index is 11.7. The van der Waals surface area contributed by atoms with E-state index >= 15 is 0 Å². The van der Waals surface area contributed by atoms with Gasteiger partial charge in [0, 0.05) is 35.6 Å². The molecule has 0 aromatic carbocycles. The number of Topliss-reactive ketones (excluding diaryl/α,β-unsaturated/α-hetero) is 1. The molecule has 1 amide bonds. The van der Waals surface area contributed by atoms with Crippen molar-refractivity contribution in [2.24, 2.45) is 0 Å². The molecule has 0 aliphatic carbocycles. The number of hydrogen-bond acceptors (Lipinski definition) is 6. The van der Waals surface area contributed by atoms with Gasteiger partial charge in [0.1, 0.15) is 12.4 Å². The molecule has 1 atom stereocenters. The van der Waals surface area contributed by atoms with Gasteiger partial charge < -0.3 is 24.9 Å². The van der Waals surface area contributed by atoms with Crippen LogP contribution in [0.3, 0.4) is 0 Å². The van der Waals surface area contributed by atoms with Gasteiger partial charge in [-0.2, -0.15) is 0 Å². The first-order chi connectivity index (χ1) is 10.5. The average molecular weight is 428 g/mol. The van der Waals surface area contributed by atoms with Gasteiger partial charge in [0.05, 0.1) is 25.9 Å². The van der Waals surface area contributed by atoms with Crippen LogP contribution in [0.15, 0.2) is 0 Å². The van der Waals surface area contributed by atoms with Gasteiger partial charge in [0.2, 0.25) is 9.70 Å². The van der Waals surface area contributed by atoms with Crippen LogP contribution >= 0.6 is 22.6 Å². The van der Waals surface area contributed by atoms with Gasteiger partial charge in [0.25, 0.3) is 0 Å². The predicted octanol–water partition coefficient (Wildman–Crippen LogP) is 0.445. The van der Waals surface area contributed by atoms with E-state index in [0.717, 1.165) is 6.54 Å². The van der Waals surface area contributed by atoms with Crippen molar-refractivity contribution in [1.29, 1.82) is 0 Å². The van der Waals surface area contributed by atoms with Crippen LogP contribution in [0, 0.1) is 0 Å². The van der Waals surface area contributed by atoms with Crippen molar-refractivity contribution in [2.45, 2.75) is 32.2 Å². The van der Waals surface area contributed by atoms with Crippen LogP contribution in [0.1, 0.15) is 26.2 Å². The van der Waals surface area contributed by atoms with Gasteiger partial charge in [-0.15, -0.1) is 0 Å². The van der Waals surface area contributed by atoms with Crippen molar-refractivity contribution < 1.29 is 23.9 Å². The monoisotopic (exact) mass is 428 g/mol. The van der Waals surface area contributed by atoms with E-state index in [2.05, 4.69) is 10.6 Å². The van der Waals surface area contributed by atoms with Crippen molar-refractivity contribution >= 4 is 38.1 Å². The number of carbonyl (C=O) groups is 3. The molecule has 0 fully saturated rings. The average Bonchev–Trinajstić information content (AvgIpc) is 2.44. The minimum atomic E-state index is -0.567. The van der Waals surface area contributed by atoms with Gasteiger partial charge in [-0.3, -0.25) is 9.59 Å². The highest BCUT2D eigenvalue weighted by molar-refractivity contribution is 14.1. The molecule has 0 aliphatic rings. The number of rotatable bonds is 14. The van der Waals surface area contributed by atoms with Gasteiger partial charge in [0.15, 0.2) is 0 Å². The fourth-order valence-electron chi connectivity index (χ4n) is 1.59. The molecule has 7 nitrogen and oxygen atoms in total. The number of likely N-dealkylation sites (N-methyl/N-ethyl adjacent to an activating group) is 1. The lowest BCUT2D eigenvalue weighted by atomic mass is 10.1. The lowest BCUT2D eigenvalue weighted by Gasteiger charge is -2.14. The normalized spacial score (nSPS) is 12.0. The topological polar surface area (TPSA) is 93.7 Å². The third-order valence-electron chi connectivity index (χ3n) is 2.73. The van der Waals surface area contributed by atoms with Crippen LogP contribution in [-0.2, 0) is 23.9 Å². The third-order valence-corrected chi connectivity index (χ3v) is 3.48.